The fourth-order valence-electron chi connectivity index (χ4n) is 6.18. The molecule has 0 spiro atoms. The zero-order valence-electron chi connectivity index (χ0n) is 37.1. The van der Waals surface area contributed by atoms with Gasteiger partial charge in [-0.1, -0.05) is 196 Å². The highest BCUT2D eigenvalue weighted by atomic mass is 31.2. The average molecular weight is 793 g/mol. The molecule has 0 bridgehead atoms. The van der Waals surface area contributed by atoms with Crippen LogP contribution in [0, 0.1) is 11.8 Å². The van der Waals surface area contributed by atoms with Crippen LogP contribution in [0.1, 0.15) is 208 Å². The minimum atomic E-state index is -4.39. The largest absolute Gasteiger partial charge is 0.472 e. The van der Waals surface area contributed by atoms with Crippen LogP contribution in [0.15, 0.2) is 0 Å². The summed E-state index contributed by atoms with van der Waals surface area (Å²) in [6.45, 7) is 12.1. The van der Waals surface area contributed by atoms with Crippen molar-refractivity contribution in [3.63, 3.8) is 0 Å². The van der Waals surface area contributed by atoms with Gasteiger partial charge >= 0.3 is 19.8 Å². The van der Waals surface area contributed by atoms with Gasteiger partial charge in [-0.3, -0.25) is 18.6 Å². The van der Waals surface area contributed by atoms with Crippen LogP contribution in [0.5, 0.6) is 0 Å². The Morgan fingerprint density at radius 3 is 1.28 bits per heavy atom. The van der Waals surface area contributed by atoms with Gasteiger partial charge in [0.2, 0.25) is 0 Å². The lowest BCUT2D eigenvalue weighted by atomic mass is 10.0. The van der Waals surface area contributed by atoms with Crippen LogP contribution < -0.4 is 0 Å². The Morgan fingerprint density at radius 1 is 0.556 bits per heavy atom. The van der Waals surface area contributed by atoms with Crippen molar-refractivity contribution in [1.29, 1.82) is 0 Å². The van der Waals surface area contributed by atoms with E-state index in [-0.39, 0.29) is 31.0 Å². The molecular formula is C44H91NO8P+. The summed E-state index contributed by atoms with van der Waals surface area (Å²) in [6.07, 6.45) is 30.6. The highest BCUT2D eigenvalue weighted by molar-refractivity contribution is 7.47. The number of likely N-dealkylation sites (N-methyl/N-ethyl adjacent to an activating group) is 1. The van der Waals surface area contributed by atoms with Crippen LogP contribution in [-0.4, -0.2) is 74.9 Å². The summed E-state index contributed by atoms with van der Waals surface area (Å²) in [7, 11) is 1.47. The van der Waals surface area contributed by atoms with Gasteiger partial charge in [-0.15, -0.1) is 0 Å². The molecule has 0 aromatic carbocycles. The molecule has 324 valence electrons. The molecule has 0 saturated carbocycles. The quantitative estimate of drug-likeness (QED) is 0.0285. The molecule has 0 aromatic rings. The molecule has 0 saturated heterocycles. The van der Waals surface area contributed by atoms with Gasteiger partial charge in [0.25, 0.3) is 0 Å². The highest BCUT2D eigenvalue weighted by Crippen LogP contribution is 2.43. The molecule has 0 fully saturated rings. The second-order valence-electron chi connectivity index (χ2n) is 16.5. The summed E-state index contributed by atoms with van der Waals surface area (Å²) in [5.74, 6) is -1.41. The molecule has 0 amide bonds. The zero-order valence-corrected chi connectivity index (χ0v) is 38.0. The number of unbranched alkanes of at least 4 members (excludes halogenated alkanes) is 22. The van der Waals surface area contributed by atoms with E-state index in [0.29, 0.717) is 17.4 Å². The van der Waals surface area contributed by atoms with Crippen LogP contribution in [0.25, 0.3) is 0 Å². The molecule has 0 heterocycles. The Bertz CT molecular complexity index is 896. The molecule has 54 heavy (non-hydrogen) atoms. The van der Waals surface area contributed by atoms with Gasteiger partial charge in [0.1, 0.15) is 19.8 Å². The minimum absolute atomic E-state index is 0.0312. The number of hydrogen-bond donors (Lipinski definition) is 1. The monoisotopic (exact) mass is 793 g/mol. The van der Waals surface area contributed by atoms with Crippen molar-refractivity contribution in [1.82, 2.24) is 0 Å². The number of nitrogens with zero attached hydrogens (tertiary/aromatic N) is 1. The van der Waals surface area contributed by atoms with Crippen molar-refractivity contribution in [2.75, 3.05) is 47.5 Å². The molecule has 0 rings (SSSR count). The van der Waals surface area contributed by atoms with Gasteiger partial charge in [-0.25, -0.2) is 4.57 Å². The highest BCUT2D eigenvalue weighted by Gasteiger charge is 2.28. The molecule has 0 aliphatic carbocycles. The van der Waals surface area contributed by atoms with E-state index in [1.165, 1.54) is 128 Å². The smallest absolute Gasteiger partial charge is 0.461 e. The first kappa shape index (κ1) is 55.1. The third-order valence-corrected chi connectivity index (χ3v) is 10.9. The summed E-state index contributed by atoms with van der Waals surface area (Å²) < 4.78 is 34.7. The zero-order chi connectivity index (χ0) is 40.9. The Labute approximate surface area is 335 Å². The van der Waals surface area contributed by atoms with Crippen LogP contribution in [0.4, 0.5) is 0 Å². The lowest BCUT2D eigenvalue weighted by Gasteiger charge is -2.25. The van der Waals surface area contributed by atoms with Gasteiger partial charge in [0, 0.05) is 0 Å². The van der Waals surface area contributed by atoms with Crippen molar-refractivity contribution in [3.05, 3.63) is 0 Å². The lowest BCUT2D eigenvalue weighted by Crippen LogP contribution is -2.37. The molecule has 4 atom stereocenters. The van der Waals surface area contributed by atoms with Crippen LogP contribution >= 0.6 is 7.82 Å². The van der Waals surface area contributed by atoms with Gasteiger partial charge in [-0.05, 0) is 12.8 Å². The van der Waals surface area contributed by atoms with E-state index < -0.39 is 26.5 Å². The van der Waals surface area contributed by atoms with Gasteiger partial charge < -0.3 is 18.9 Å². The lowest BCUT2D eigenvalue weighted by molar-refractivity contribution is -0.870. The second kappa shape index (κ2) is 37.6. The minimum Gasteiger partial charge on any atom is -0.461 e. The number of hydrogen-bond acceptors (Lipinski definition) is 7. The standard InChI is InChI=1S/C42H84NO8P.C2H6/c1-8-10-12-14-16-18-20-22-24-26-28-30-32-38(3)41(44)48-36-40(37-50-52(46,47)49-35-34-43(5,6)7)51-42(45)39(4)33-31-29-27-25-23-21-19-17-15-13-11-9-2;1-2/h38-40H,8-37H2,1-7H3;1-2H3/p+1. The predicted octanol–water partition coefficient (Wildman–Crippen LogP) is 12.8. The Hall–Kier alpha value is -0.990. The number of carbonyl (C=O) groups is 2. The molecule has 0 aliphatic heterocycles. The Morgan fingerprint density at radius 2 is 0.907 bits per heavy atom. The number of rotatable bonds is 38. The Balaban J connectivity index is 0. The molecule has 0 radical (unpaired) electrons. The van der Waals surface area contributed by atoms with E-state index in [9.17, 15) is 19.0 Å². The fraction of sp³-hybridized carbons (Fsp3) is 0.955. The summed E-state index contributed by atoms with van der Waals surface area (Å²) in [5.41, 5.74) is 0. The maximum atomic E-state index is 13.0. The topological polar surface area (TPSA) is 108 Å². The third kappa shape index (κ3) is 37.9. The number of esters is 2. The molecule has 4 unspecified atom stereocenters. The SMILES string of the molecule is CC.CCCCCCCCCCCCCCC(C)C(=O)OCC(COP(=O)(O)OCC[N+](C)(C)C)OC(=O)C(C)CCCCCCCCCCCCCC. The van der Waals surface area contributed by atoms with Gasteiger partial charge in [-0.2, -0.15) is 0 Å². The van der Waals surface area contributed by atoms with Crippen molar-refractivity contribution < 1.29 is 42.1 Å². The van der Waals surface area contributed by atoms with E-state index in [0.717, 1.165) is 32.1 Å². The van der Waals surface area contributed by atoms with E-state index in [1.807, 2.05) is 48.8 Å². The normalized spacial score (nSPS) is 14.4. The molecule has 0 aromatic heterocycles. The number of phosphoric ester groups is 1. The van der Waals surface area contributed by atoms with E-state index in [2.05, 4.69) is 13.8 Å². The van der Waals surface area contributed by atoms with Crippen molar-refractivity contribution in [2.24, 2.45) is 11.8 Å². The number of carbonyl (C=O) groups excluding carboxylic acids is 2. The number of ether oxygens (including phenoxy) is 2. The van der Waals surface area contributed by atoms with Crippen LogP contribution in [-0.2, 0) is 32.7 Å². The van der Waals surface area contributed by atoms with Crippen molar-refractivity contribution in [2.45, 2.75) is 215 Å². The van der Waals surface area contributed by atoms with Crippen molar-refractivity contribution in [3.8, 4) is 0 Å². The summed E-state index contributed by atoms with van der Waals surface area (Å²) in [4.78, 5) is 36.1. The summed E-state index contributed by atoms with van der Waals surface area (Å²) in [5, 5.41) is 0. The first-order valence-corrected chi connectivity index (χ1v) is 24.1. The predicted molar refractivity (Wildman–Crippen MR) is 227 cm³/mol. The Kier molecular flexibility index (Phi) is 38.4. The van der Waals surface area contributed by atoms with Crippen LogP contribution in [0.2, 0.25) is 0 Å². The van der Waals surface area contributed by atoms with E-state index in [1.54, 1.807) is 0 Å². The van der Waals surface area contributed by atoms with E-state index >= 15 is 0 Å². The maximum Gasteiger partial charge on any atom is 0.472 e. The molecule has 9 nitrogen and oxygen atoms in total. The molecule has 10 heteroatoms. The van der Waals surface area contributed by atoms with Crippen molar-refractivity contribution >= 4 is 19.8 Å². The summed E-state index contributed by atoms with van der Waals surface area (Å²) >= 11 is 0. The number of phosphoric acid groups is 1. The fourth-order valence-corrected chi connectivity index (χ4v) is 6.92. The van der Waals surface area contributed by atoms with Gasteiger partial charge in [0.15, 0.2) is 6.10 Å². The summed E-state index contributed by atoms with van der Waals surface area (Å²) in [6, 6.07) is 0. The third-order valence-electron chi connectivity index (χ3n) is 9.92. The molecule has 1 N–H and O–H groups in total. The molecule has 0 aliphatic rings. The van der Waals surface area contributed by atoms with Gasteiger partial charge in [0.05, 0.1) is 39.6 Å². The average Bonchev–Trinajstić information content (AvgIpc) is 3.13. The maximum absolute atomic E-state index is 13.0. The van der Waals surface area contributed by atoms with E-state index in [4.69, 9.17) is 18.5 Å². The first-order chi connectivity index (χ1) is 25.8. The molecular weight excluding hydrogens is 701 g/mol. The second-order valence-corrected chi connectivity index (χ2v) is 17.9. The first-order valence-electron chi connectivity index (χ1n) is 22.6. The van der Waals surface area contributed by atoms with Crippen LogP contribution in [0.3, 0.4) is 0 Å². The number of quaternary nitrogens is 1.